The van der Waals surface area contributed by atoms with E-state index in [1.54, 1.807) is 24.3 Å². The molecule has 0 unspecified atom stereocenters. The zero-order chi connectivity index (χ0) is 24.8. The first-order valence-corrected chi connectivity index (χ1v) is 12.0. The molecule has 0 saturated carbocycles. The molecule has 0 aliphatic rings. The summed E-state index contributed by atoms with van der Waals surface area (Å²) in [7, 11) is 0. The lowest BCUT2D eigenvalue weighted by molar-refractivity contribution is -0.114. The average Bonchev–Trinajstić information content (AvgIpc) is 2.85. The highest BCUT2D eigenvalue weighted by molar-refractivity contribution is 7.99. The highest BCUT2D eigenvalue weighted by Gasteiger charge is 2.15. The number of nitrogens with zero attached hydrogens (tertiary/aromatic N) is 3. The van der Waals surface area contributed by atoms with Crippen molar-refractivity contribution in [3.63, 3.8) is 0 Å². The SMILES string of the molecule is CC(=O)Nc1ccc(NC(=O)CSc2nnc(-c3ccc(C)cc3)c(-c3ccc(C)cc3)n2)cc1. The van der Waals surface area contributed by atoms with Crippen LogP contribution in [0.4, 0.5) is 11.4 Å². The molecule has 3 aromatic carbocycles. The summed E-state index contributed by atoms with van der Waals surface area (Å²) in [5.74, 6) is -0.206. The van der Waals surface area contributed by atoms with Gasteiger partial charge in [-0.15, -0.1) is 10.2 Å². The van der Waals surface area contributed by atoms with Gasteiger partial charge < -0.3 is 10.6 Å². The molecule has 35 heavy (non-hydrogen) atoms. The number of amides is 2. The van der Waals surface area contributed by atoms with Crippen LogP contribution in [0.2, 0.25) is 0 Å². The Kier molecular flexibility index (Phi) is 7.52. The zero-order valence-electron chi connectivity index (χ0n) is 19.7. The molecule has 8 heteroatoms. The van der Waals surface area contributed by atoms with E-state index in [-0.39, 0.29) is 17.6 Å². The van der Waals surface area contributed by atoms with Crippen LogP contribution in [0, 0.1) is 13.8 Å². The van der Waals surface area contributed by atoms with Crippen LogP contribution in [0.1, 0.15) is 18.1 Å². The highest BCUT2D eigenvalue weighted by Crippen LogP contribution is 2.30. The molecule has 176 valence electrons. The van der Waals surface area contributed by atoms with Gasteiger partial charge in [0.1, 0.15) is 11.4 Å². The molecular weight excluding hydrogens is 458 g/mol. The van der Waals surface area contributed by atoms with E-state index in [9.17, 15) is 9.59 Å². The second-order valence-electron chi connectivity index (χ2n) is 8.12. The van der Waals surface area contributed by atoms with E-state index in [2.05, 4.69) is 20.8 Å². The van der Waals surface area contributed by atoms with Crippen LogP contribution < -0.4 is 10.6 Å². The Morgan fingerprint density at radius 1 is 0.714 bits per heavy atom. The van der Waals surface area contributed by atoms with Gasteiger partial charge in [-0.2, -0.15) is 0 Å². The zero-order valence-corrected chi connectivity index (χ0v) is 20.5. The van der Waals surface area contributed by atoms with E-state index in [1.807, 2.05) is 62.4 Å². The van der Waals surface area contributed by atoms with Crippen LogP contribution in [0.5, 0.6) is 0 Å². The Labute approximate surface area is 208 Å². The standard InChI is InChI=1S/C27H25N5O2S/c1-17-4-8-20(9-5-17)25-26(21-10-6-18(2)7-11-21)31-32-27(30-25)35-16-24(34)29-23-14-12-22(13-15-23)28-19(3)33/h4-15H,16H2,1-3H3,(H,28,33)(H,29,34). The predicted molar refractivity (Wildman–Crippen MR) is 140 cm³/mol. The molecule has 0 bridgehead atoms. The van der Waals surface area contributed by atoms with Crippen molar-refractivity contribution in [3.05, 3.63) is 83.9 Å². The Hall–Kier alpha value is -4.04. The number of aromatic nitrogens is 3. The molecule has 1 aromatic heterocycles. The average molecular weight is 484 g/mol. The first-order valence-electron chi connectivity index (χ1n) is 11.1. The van der Waals surface area contributed by atoms with Gasteiger partial charge in [0.15, 0.2) is 0 Å². The van der Waals surface area contributed by atoms with Gasteiger partial charge in [0.25, 0.3) is 0 Å². The van der Waals surface area contributed by atoms with Crippen LogP contribution in [0.25, 0.3) is 22.5 Å². The maximum atomic E-state index is 12.5. The third kappa shape index (κ3) is 6.51. The third-order valence-corrected chi connectivity index (χ3v) is 5.98. The number of nitrogens with one attached hydrogen (secondary N) is 2. The number of hydrogen-bond acceptors (Lipinski definition) is 6. The van der Waals surface area contributed by atoms with Gasteiger partial charge in [-0.25, -0.2) is 4.98 Å². The van der Waals surface area contributed by atoms with E-state index in [1.165, 1.54) is 18.7 Å². The lowest BCUT2D eigenvalue weighted by Crippen LogP contribution is -2.14. The fourth-order valence-electron chi connectivity index (χ4n) is 3.36. The Morgan fingerprint density at radius 2 is 1.23 bits per heavy atom. The highest BCUT2D eigenvalue weighted by atomic mass is 32.2. The minimum Gasteiger partial charge on any atom is -0.326 e. The van der Waals surface area contributed by atoms with E-state index in [4.69, 9.17) is 4.98 Å². The van der Waals surface area contributed by atoms with Crippen molar-refractivity contribution in [1.29, 1.82) is 0 Å². The summed E-state index contributed by atoms with van der Waals surface area (Å²) in [6.07, 6.45) is 0. The molecule has 1 heterocycles. The van der Waals surface area contributed by atoms with Crippen LogP contribution in [-0.2, 0) is 9.59 Å². The van der Waals surface area contributed by atoms with Gasteiger partial charge >= 0.3 is 0 Å². The molecule has 0 atom stereocenters. The van der Waals surface area contributed by atoms with Crippen LogP contribution >= 0.6 is 11.8 Å². The lowest BCUT2D eigenvalue weighted by atomic mass is 10.0. The van der Waals surface area contributed by atoms with Gasteiger partial charge in [0, 0.05) is 29.4 Å². The van der Waals surface area contributed by atoms with Crippen molar-refractivity contribution in [1.82, 2.24) is 15.2 Å². The second kappa shape index (κ2) is 10.9. The summed E-state index contributed by atoms with van der Waals surface area (Å²) >= 11 is 1.22. The van der Waals surface area contributed by atoms with Gasteiger partial charge in [-0.05, 0) is 38.1 Å². The number of carbonyl (C=O) groups is 2. The largest absolute Gasteiger partial charge is 0.326 e. The molecule has 4 aromatic rings. The topological polar surface area (TPSA) is 96.9 Å². The minimum absolute atomic E-state index is 0.131. The molecule has 0 saturated heterocycles. The lowest BCUT2D eigenvalue weighted by Gasteiger charge is -2.10. The van der Waals surface area contributed by atoms with Crippen LogP contribution in [-0.4, -0.2) is 32.7 Å². The van der Waals surface area contributed by atoms with E-state index >= 15 is 0 Å². The van der Waals surface area contributed by atoms with Crippen LogP contribution in [0.15, 0.2) is 78.0 Å². The van der Waals surface area contributed by atoms with Crippen molar-refractivity contribution < 1.29 is 9.59 Å². The van der Waals surface area contributed by atoms with Crippen molar-refractivity contribution in [3.8, 4) is 22.5 Å². The molecule has 4 rings (SSSR count). The summed E-state index contributed by atoms with van der Waals surface area (Å²) in [6, 6.07) is 23.1. The molecular formula is C27H25N5O2S. The first kappa shape index (κ1) is 24.1. The summed E-state index contributed by atoms with van der Waals surface area (Å²) in [5.41, 5.74) is 6.91. The van der Waals surface area contributed by atoms with Crippen molar-refractivity contribution in [2.75, 3.05) is 16.4 Å². The molecule has 7 nitrogen and oxygen atoms in total. The predicted octanol–water partition coefficient (Wildman–Crippen LogP) is 5.51. The number of thioether (sulfide) groups is 1. The van der Waals surface area contributed by atoms with Gasteiger partial charge in [0.05, 0.1) is 5.75 Å². The van der Waals surface area contributed by atoms with Gasteiger partial charge in [-0.1, -0.05) is 71.4 Å². The third-order valence-electron chi connectivity index (χ3n) is 5.14. The van der Waals surface area contributed by atoms with Crippen LogP contribution in [0.3, 0.4) is 0 Å². The number of anilines is 2. The fraction of sp³-hybridized carbons (Fsp3) is 0.148. The van der Waals surface area contributed by atoms with Crippen molar-refractivity contribution in [2.45, 2.75) is 25.9 Å². The monoisotopic (exact) mass is 483 g/mol. The Bertz CT molecular complexity index is 1340. The molecule has 0 aliphatic heterocycles. The van der Waals surface area contributed by atoms with Gasteiger partial charge in [-0.3, -0.25) is 9.59 Å². The molecule has 2 N–H and O–H groups in total. The summed E-state index contributed by atoms with van der Waals surface area (Å²) in [6.45, 7) is 5.52. The smallest absolute Gasteiger partial charge is 0.234 e. The van der Waals surface area contributed by atoms with E-state index in [0.717, 1.165) is 27.9 Å². The summed E-state index contributed by atoms with van der Waals surface area (Å²) in [5, 5.41) is 14.7. The fourth-order valence-corrected chi connectivity index (χ4v) is 3.94. The Morgan fingerprint density at radius 3 is 1.77 bits per heavy atom. The summed E-state index contributed by atoms with van der Waals surface area (Å²) in [4.78, 5) is 28.4. The maximum Gasteiger partial charge on any atom is 0.234 e. The Balaban J connectivity index is 1.50. The first-order chi connectivity index (χ1) is 16.9. The number of aryl methyl sites for hydroxylation is 2. The molecule has 0 spiro atoms. The van der Waals surface area contributed by atoms with Gasteiger partial charge in [0.2, 0.25) is 17.0 Å². The number of hydrogen-bond donors (Lipinski definition) is 2. The molecule has 0 fully saturated rings. The van der Waals surface area contributed by atoms with Crippen molar-refractivity contribution >= 4 is 35.0 Å². The normalized spacial score (nSPS) is 10.6. The van der Waals surface area contributed by atoms with E-state index < -0.39 is 0 Å². The number of benzene rings is 3. The number of rotatable bonds is 7. The quantitative estimate of drug-likeness (QED) is 0.336. The molecule has 0 aliphatic carbocycles. The van der Waals surface area contributed by atoms with Crippen molar-refractivity contribution in [2.24, 2.45) is 0 Å². The number of carbonyl (C=O) groups excluding carboxylic acids is 2. The molecule has 0 radical (unpaired) electrons. The maximum absolute atomic E-state index is 12.5. The van der Waals surface area contributed by atoms with E-state index in [0.29, 0.717) is 22.2 Å². The minimum atomic E-state index is -0.189. The second-order valence-corrected chi connectivity index (χ2v) is 9.06. The summed E-state index contributed by atoms with van der Waals surface area (Å²) < 4.78 is 0. The molecule has 2 amide bonds.